The van der Waals surface area contributed by atoms with Crippen LogP contribution in [0.3, 0.4) is 0 Å². The minimum atomic E-state index is -3.64. The summed E-state index contributed by atoms with van der Waals surface area (Å²) in [6.07, 6.45) is 2.49. The van der Waals surface area contributed by atoms with Gasteiger partial charge in [-0.1, -0.05) is 43.6 Å². The first-order valence-corrected chi connectivity index (χ1v) is 13.8. The number of carbonyl (C=O) groups is 2. The van der Waals surface area contributed by atoms with Crippen LogP contribution in [-0.2, 0) is 26.2 Å². The smallest absolute Gasteiger partial charge is 0.242 e. The van der Waals surface area contributed by atoms with E-state index in [1.54, 1.807) is 18.2 Å². The highest BCUT2D eigenvalue weighted by atomic mass is 35.5. The summed E-state index contributed by atoms with van der Waals surface area (Å²) in [5.74, 6) is -0.991. The van der Waals surface area contributed by atoms with Crippen molar-refractivity contribution in [3.05, 3.63) is 64.9 Å². The second-order valence-electron chi connectivity index (χ2n) is 8.24. The van der Waals surface area contributed by atoms with Crippen molar-refractivity contribution in [3.8, 4) is 0 Å². The van der Waals surface area contributed by atoms with Crippen LogP contribution in [0.5, 0.6) is 0 Å². The molecule has 0 aliphatic heterocycles. The number of anilines is 1. The molecule has 0 aliphatic carbocycles. The van der Waals surface area contributed by atoms with E-state index < -0.39 is 21.9 Å². The van der Waals surface area contributed by atoms with E-state index in [9.17, 15) is 22.4 Å². The van der Waals surface area contributed by atoms with Crippen molar-refractivity contribution < 1.29 is 22.4 Å². The lowest BCUT2D eigenvalue weighted by atomic mass is 10.1. The third kappa shape index (κ3) is 8.50. The molecule has 10 heteroatoms. The van der Waals surface area contributed by atoms with E-state index in [0.717, 1.165) is 17.0 Å². The molecule has 1 N–H and O–H groups in total. The SMILES string of the molecule is CCCNC(=O)[C@H](CC)N(Cc1ccccc1Cl)C(=O)CCCN(c1ccc(F)cc1)S(C)(=O)=O. The van der Waals surface area contributed by atoms with Gasteiger partial charge in [0.05, 0.1) is 11.9 Å². The Balaban J connectivity index is 2.20. The van der Waals surface area contributed by atoms with E-state index >= 15 is 0 Å². The molecule has 35 heavy (non-hydrogen) atoms. The highest BCUT2D eigenvalue weighted by Crippen LogP contribution is 2.22. The van der Waals surface area contributed by atoms with Gasteiger partial charge in [-0.15, -0.1) is 0 Å². The minimum absolute atomic E-state index is 0.0230. The predicted octanol–water partition coefficient (Wildman–Crippen LogP) is 4.36. The van der Waals surface area contributed by atoms with Gasteiger partial charge in [-0.3, -0.25) is 13.9 Å². The summed E-state index contributed by atoms with van der Waals surface area (Å²) < 4.78 is 39.1. The highest BCUT2D eigenvalue weighted by Gasteiger charge is 2.29. The maximum Gasteiger partial charge on any atom is 0.242 e. The third-order valence-electron chi connectivity index (χ3n) is 5.50. The third-order valence-corrected chi connectivity index (χ3v) is 7.06. The van der Waals surface area contributed by atoms with E-state index in [1.807, 2.05) is 19.9 Å². The molecule has 2 aromatic rings. The Labute approximate surface area is 212 Å². The van der Waals surface area contributed by atoms with Crippen LogP contribution in [0.1, 0.15) is 45.1 Å². The van der Waals surface area contributed by atoms with Crippen LogP contribution >= 0.6 is 11.6 Å². The molecule has 192 valence electrons. The van der Waals surface area contributed by atoms with Crippen molar-refractivity contribution in [2.24, 2.45) is 0 Å². The lowest BCUT2D eigenvalue weighted by Gasteiger charge is -2.31. The first-order chi connectivity index (χ1) is 16.6. The van der Waals surface area contributed by atoms with Gasteiger partial charge in [0.25, 0.3) is 0 Å². The molecule has 2 aromatic carbocycles. The first-order valence-electron chi connectivity index (χ1n) is 11.6. The van der Waals surface area contributed by atoms with E-state index in [2.05, 4.69) is 5.32 Å². The number of benzene rings is 2. The number of nitrogens with zero attached hydrogens (tertiary/aromatic N) is 2. The summed E-state index contributed by atoms with van der Waals surface area (Å²) in [6.45, 7) is 4.48. The molecule has 0 aliphatic rings. The van der Waals surface area contributed by atoms with Crippen molar-refractivity contribution in [2.75, 3.05) is 23.7 Å². The van der Waals surface area contributed by atoms with Crippen molar-refractivity contribution in [1.82, 2.24) is 10.2 Å². The normalized spacial score (nSPS) is 12.1. The van der Waals surface area contributed by atoms with Crippen LogP contribution < -0.4 is 9.62 Å². The zero-order valence-electron chi connectivity index (χ0n) is 20.3. The average molecular weight is 526 g/mol. The molecule has 7 nitrogen and oxygen atoms in total. The van der Waals surface area contributed by atoms with Gasteiger partial charge in [-0.25, -0.2) is 12.8 Å². The van der Waals surface area contributed by atoms with E-state index in [-0.39, 0.29) is 37.7 Å². The topological polar surface area (TPSA) is 86.8 Å². The summed E-state index contributed by atoms with van der Waals surface area (Å²) in [6, 6.07) is 11.6. The van der Waals surface area contributed by atoms with Crippen LogP contribution in [0.2, 0.25) is 5.02 Å². The average Bonchev–Trinajstić information content (AvgIpc) is 2.81. The quantitative estimate of drug-likeness (QED) is 0.421. The first kappa shape index (κ1) is 28.6. The van der Waals surface area contributed by atoms with Gasteiger partial charge in [-0.2, -0.15) is 0 Å². The Hall–Kier alpha value is -2.65. The minimum Gasteiger partial charge on any atom is -0.354 e. The number of carbonyl (C=O) groups excluding carboxylic acids is 2. The van der Waals surface area contributed by atoms with E-state index in [4.69, 9.17) is 11.6 Å². The molecule has 0 heterocycles. The fourth-order valence-corrected chi connectivity index (χ4v) is 4.87. The van der Waals surface area contributed by atoms with Gasteiger partial charge in [0, 0.05) is 31.1 Å². The molecule has 0 unspecified atom stereocenters. The fourth-order valence-electron chi connectivity index (χ4n) is 3.71. The molecule has 0 saturated carbocycles. The monoisotopic (exact) mass is 525 g/mol. The highest BCUT2D eigenvalue weighted by molar-refractivity contribution is 7.92. The molecule has 0 fully saturated rings. The maximum absolute atomic E-state index is 13.3. The Morgan fingerprint density at radius 2 is 1.74 bits per heavy atom. The van der Waals surface area contributed by atoms with E-state index in [0.29, 0.717) is 29.2 Å². The van der Waals surface area contributed by atoms with Gasteiger partial charge in [0.1, 0.15) is 11.9 Å². The van der Waals surface area contributed by atoms with Gasteiger partial charge in [-0.05, 0) is 55.2 Å². The molecular formula is C25H33ClFN3O4S. The van der Waals surface area contributed by atoms with Crippen LogP contribution in [0.4, 0.5) is 10.1 Å². The molecule has 1 atom stereocenters. The fraction of sp³-hybridized carbons (Fsp3) is 0.440. The molecule has 0 radical (unpaired) electrons. The summed E-state index contributed by atoms with van der Waals surface area (Å²) in [7, 11) is -3.64. The molecule has 0 bridgehead atoms. The van der Waals surface area contributed by atoms with Crippen molar-refractivity contribution in [3.63, 3.8) is 0 Å². The number of nitrogens with one attached hydrogen (secondary N) is 1. The lowest BCUT2D eigenvalue weighted by Crippen LogP contribution is -2.49. The molecular weight excluding hydrogens is 493 g/mol. The Morgan fingerprint density at radius 1 is 1.09 bits per heavy atom. The Kier molecular flexibility index (Phi) is 11.0. The summed E-state index contributed by atoms with van der Waals surface area (Å²) in [5, 5.41) is 3.35. The van der Waals surface area contributed by atoms with Crippen LogP contribution in [-0.4, -0.2) is 50.5 Å². The standard InChI is InChI=1S/C25H33ClFN3O4S/c1-4-16-28-25(32)23(5-2)29(18-19-9-6-7-10-22(19)26)24(31)11-8-17-30(35(3,33)34)21-14-12-20(27)13-15-21/h6-7,9-10,12-15,23H,4-5,8,11,16-18H2,1-3H3,(H,28,32)/t23-/m0/s1. The van der Waals surface area contributed by atoms with Crippen LogP contribution in [0.15, 0.2) is 48.5 Å². The second kappa shape index (κ2) is 13.4. The van der Waals surface area contributed by atoms with E-state index in [1.165, 1.54) is 29.2 Å². The summed E-state index contributed by atoms with van der Waals surface area (Å²) >= 11 is 6.32. The Morgan fingerprint density at radius 3 is 2.31 bits per heavy atom. The number of rotatable bonds is 13. The number of amides is 2. The molecule has 0 aromatic heterocycles. The van der Waals surface area contributed by atoms with Crippen molar-refractivity contribution >= 4 is 39.1 Å². The van der Waals surface area contributed by atoms with Gasteiger partial charge in [0.15, 0.2) is 0 Å². The molecule has 0 saturated heterocycles. The number of halogens is 2. The zero-order valence-corrected chi connectivity index (χ0v) is 21.9. The van der Waals surface area contributed by atoms with Gasteiger partial charge >= 0.3 is 0 Å². The lowest BCUT2D eigenvalue weighted by molar-refractivity contribution is -0.141. The molecule has 2 rings (SSSR count). The number of hydrogen-bond donors (Lipinski definition) is 1. The van der Waals surface area contributed by atoms with Gasteiger partial charge in [0.2, 0.25) is 21.8 Å². The molecule has 2 amide bonds. The maximum atomic E-state index is 13.3. The summed E-state index contributed by atoms with van der Waals surface area (Å²) in [4.78, 5) is 27.7. The second-order valence-corrected chi connectivity index (χ2v) is 10.6. The summed E-state index contributed by atoms with van der Waals surface area (Å²) in [5.41, 5.74) is 1.04. The van der Waals surface area contributed by atoms with Crippen LogP contribution in [0, 0.1) is 5.82 Å². The number of sulfonamides is 1. The Bertz CT molecular complexity index is 1100. The molecule has 0 spiro atoms. The van der Waals surface area contributed by atoms with Crippen molar-refractivity contribution in [2.45, 2.75) is 52.1 Å². The van der Waals surface area contributed by atoms with Crippen molar-refractivity contribution in [1.29, 1.82) is 0 Å². The predicted molar refractivity (Wildman–Crippen MR) is 137 cm³/mol. The zero-order chi connectivity index (χ0) is 26.0. The van der Waals surface area contributed by atoms with Gasteiger partial charge < -0.3 is 10.2 Å². The largest absolute Gasteiger partial charge is 0.354 e. The number of hydrogen-bond acceptors (Lipinski definition) is 4. The van der Waals surface area contributed by atoms with Crippen LogP contribution in [0.25, 0.3) is 0 Å².